The Morgan fingerprint density at radius 1 is 1.09 bits per heavy atom. The van der Waals surface area contributed by atoms with Gasteiger partial charge in [-0.25, -0.2) is 0 Å². The highest BCUT2D eigenvalue weighted by atomic mass is 16.5. The minimum absolute atomic E-state index is 0.131. The lowest BCUT2D eigenvalue weighted by atomic mass is 10.0. The van der Waals surface area contributed by atoms with E-state index in [-0.39, 0.29) is 17.9 Å². The molecule has 1 aliphatic heterocycles. The van der Waals surface area contributed by atoms with Crippen LogP contribution in [0.15, 0.2) is 35.1 Å². The predicted octanol–water partition coefficient (Wildman–Crippen LogP) is 3.08. The van der Waals surface area contributed by atoms with Gasteiger partial charge in [0.25, 0.3) is 5.91 Å². The van der Waals surface area contributed by atoms with Crippen LogP contribution in [0.3, 0.4) is 0 Å². The summed E-state index contributed by atoms with van der Waals surface area (Å²) in [6.45, 7) is 7.10. The number of benzene rings is 1. The van der Waals surface area contributed by atoms with E-state index in [1.807, 2.05) is 12.1 Å². The van der Waals surface area contributed by atoms with E-state index in [0.29, 0.717) is 24.4 Å². The van der Waals surface area contributed by atoms with Gasteiger partial charge in [-0.3, -0.25) is 9.69 Å². The zero-order valence-corrected chi connectivity index (χ0v) is 20.9. The maximum atomic E-state index is 12.7. The van der Waals surface area contributed by atoms with Crippen molar-refractivity contribution < 1.29 is 23.4 Å². The summed E-state index contributed by atoms with van der Waals surface area (Å²) in [4.78, 5) is 15.1. The van der Waals surface area contributed by atoms with Gasteiger partial charge in [0.15, 0.2) is 5.82 Å². The first-order chi connectivity index (χ1) is 16.9. The molecule has 0 aliphatic carbocycles. The Morgan fingerprint density at radius 3 is 2.43 bits per heavy atom. The maximum Gasteiger partial charge on any atom is 0.255 e. The number of ether oxygens (including phenoxy) is 3. The van der Waals surface area contributed by atoms with E-state index < -0.39 is 0 Å². The van der Waals surface area contributed by atoms with E-state index in [9.17, 15) is 4.79 Å². The number of aromatic nitrogens is 3. The van der Waals surface area contributed by atoms with Gasteiger partial charge in [-0.15, -0.1) is 10.2 Å². The van der Waals surface area contributed by atoms with Gasteiger partial charge in [0.05, 0.1) is 44.8 Å². The lowest BCUT2D eigenvalue weighted by Crippen LogP contribution is -2.34. The van der Waals surface area contributed by atoms with Gasteiger partial charge in [-0.2, -0.15) is 0 Å². The number of nitrogens with zero attached hydrogens (tertiary/aromatic N) is 4. The van der Waals surface area contributed by atoms with Crippen LogP contribution in [-0.4, -0.2) is 60.0 Å². The fraction of sp³-hybridized carbons (Fsp3) is 0.480. The van der Waals surface area contributed by atoms with Gasteiger partial charge in [0.1, 0.15) is 29.3 Å². The second kappa shape index (κ2) is 10.8. The van der Waals surface area contributed by atoms with Gasteiger partial charge < -0.3 is 28.5 Å². The molecule has 3 heterocycles. The van der Waals surface area contributed by atoms with Crippen LogP contribution >= 0.6 is 0 Å². The highest BCUT2D eigenvalue weighted by Crippen LogP contribution is 2.35. The highest BCUT2D eigenvalue weighted by molar-refractivity contribution is 5.94. The van der Waals surface area contributed by atoms with Crippen molar-refractivity contribution in [1.29, 1.82) is 0 Å². The van der Waals surface area contributed by atoms with Crippen LogP contribution < -0.4 is 19.5 Å². The fourth-order valence-corrected chi connectivity index (χ4v) is 4.38. The molecule has 1 aliphatic rings. The third-order valence-electron chi connectivity index (χ3n) is 6.36. The fourth-order valence-electron chi connectivity index (χ4n) is 4.38. The van der Waals surface area contributed by atoms with Gasteiger partial charge >= 0.3 is 0 Å². The first-order valence-electron chi connectivity index (χ1n) is 11.7. The molecule has 10 nitrogen and oxygen atoms in total. The molecule has 2 aromatic heterocycles. The minimum Gasteiger partial charge on any atom is -0.496 e. The molecule has 1 N–H and O–H groups in total. The molecule has 1 amide bonds. The molecule has 4 rings (SSSR count). The molecule has 0 fully saturated rings. The van der Waals surface area contributed by atoms with Gasteiger partial charge in [-0.1, -0.05) is 13.8 Å². The number of amides is 1. The number of methoxy groups -OCH3 is 3. The van der Waals surface area contributed by atoms with E-state index in [0.717, 1.165) is 48.2 Å². The normalized spacial score (nSPS) is 14.8. The average molecular weight is 484 g/mol. The summed E-state index contributed by atoms with van der Waals surface area (Å²) in [5, 5.41) is 12.1. The van der Waals surface area contributed by atoms with Crippen LogP contribution in [0.5, 0.6) is 17.2 Å². The van der Waals surface area contributed by atoms with E-state index in [1.165, 1.54) is 12.5 Å². The Bertz CT molecular complexity index is 1120. The van der Waals surface area contributed by atoms with Crippen LogP contribution in [0, 0.1) is 5.92 Å². The van der Waals surface area contributed by atoms with Gasteiger partial charge in [0.2, 0.25) is 0 Å². The summed E-state index contributed by atoms with van der Waals surface area (Å²) in [5.74, 6) is 3.77. The average Bonchev–Trinajstić information content (AvgIpc) is 3.50. The second-order valence-electron chi connectivity index (χ2n) is 8.87. The number of fused-ring (bicyclic) bond motifs is 1. The summed E-state index contributed by atoms with van der Waals surface area (Å²) >= 11 is 0. The molecule has 35 heavy (non-hydrogen) atoms. The van der Waals surface area contributed by atoms with E-state index >= 15 is 0 Å². The molecule has 0 spiro atoms. The van der Waals surface area contributed by atoms with Crippen LogP contribution in [0.1, 0.15) is 47.5 Å². The van der Waals surface area contributed by atoms with E-state index in [1.54, 1.807) is 27.4 Å². The molecule has 1 atom stereocenters. The van der Waals surface area contributed by atoms with Gasteiger partial charge in [0, 0.05) is 44.7 Å². The molecule has 0 bridgehead atoms. The number of carbonyl (C=O) groups is 1. The largest absolute Gasteiger partial charge is 0.496 e. The molecule has 0 saturated carbocycles. The number of nitrogens with one attached hydrogen (secondary N) is 1. The molecular formula is C25H33N5O5. The Hall–Kier alpha value is -3.53. The molecule has 0 unspecified atom stereocenters. The van der Waals surface area contributed by atoms with Crippen molar-refractivity contribution in [2.45, 2.75) is 39.4 Å². The zero-order valence-electron chi connectivity index (χ0n) is 20.9. The molecule has 3 aromatic rings. The monoisotopic (exact) mass is 483 g/mol. The quantitative estimate of drug-likeness (QED) is 0.495. The first kappa shape index (κ1) is 24.6. The molecule has 10 heteroatoms. The lowest BCUT2D eigenvalue weighted by molar-refractivity contribution is 0.0921. The topological polar surface area (TPSA) is 104 Å². The van der Waals surface area contributed by atoms with Crippen molar-refractivity contribution >= 4 is 5.91 Å². The summed E-state index contributed by atoms with van der Waals surface area (Å²) in [6, 6.07) is 5.13. The first-order valence-corrected chi connectivity index (χ1v) is 11.7. The molecule has 0 saturated heterocycles. The Kier molecular flexibility index (Phi) is 7.60. The maximum absolute atomic E-state index is 12.7. The van der Waals surface area contributed by atoms with Crippen LogP contribution in [-0.2, 0) is 19.5 Å². The van der Waals surface area contributed by atoms with Gasteiger partial charge in [-0.05, 0) is 12.0 Å². The molecule has 0 radical (unpaired) electrons. The van der Waals surface area contributed by atoms with Crippen LogP contribution in [0.2, 0.25) is 0 Å². The van der Waals surface area contributed by atoms with Crippen LogP contribution in [0.4, 0.5) is 0 Å². The molecule has 188 valence electrons. The Labute approximate surface area is 205 Å². The van der Waals surface area contributed by atoms with Crippen molar-refractivity contribution in [3.63, 3.8) is 0 Å². The van der Waals surface area contributed by atoms with Crippen molar-refractivity contribution in [2.75, 3.05) is 34.4 Å². The smallest absolute Gasteiger partial charge is 0.255 e. The van der Waals surface area contributed by atoms with Crippen molar-refractivity contribution in [3.05, 3.63) is 53.5 Å². The van der Waals surface area contributed by atoms with Crippen LogP contribution in [0.25, 0.3) is 0 Å². The minimum atomic E-state index is -0.271. The second-order valence-corrected chi connectivity index (χ2v) is 8.87. The standard InChI is InChI=1S/C25H33N5O5/c1-16(2)23(26-25(31)17-7-11-35-15-17)24-28-27-22-6-8-29(9-10-30(22)24)14-19-20(33-4)12-18(32-3)13-21(19)34-5/h7,11-13,15-16,23H,6,8-10,14H2,1-5H3,(H,26,31)/t23-/m1/s1. The third kappa shape index (κ3) is 5.27. The summed E-state index contributed by atoms with van der Waals surface area (Å²) in [5.41, 5.74) is 1.46. The third-order valence-corrected chi connectivity index (χ3v) is 6.36. The van der Waals surface area contributed by atoms with Crippen molar-refractivity contribution in [3.8, 4) is 17.2 Å². The lowest BCUT2D eigenvalue weighted by Gasteiger charge is -2.24. The van der Waals surface area contributed by atoms with E-state index in [4.69, 9.17) is 18.6 Å². The molecule has 1 aromatic carbocycles. The predicted molar refractivity (Wildman–Crippen MR) is 129 cm³/mol. The van der Waals surface area contributed by atoms with Crippen molar-refractivity contribution in [1.82, 2.24) is 25.0 Å². The summed E-state index contributed by atoms with van der Waals surface area (Å²) < 4.78 is 23.8. The SMILES string of the molecule is COc1cc(OC)c(CN2CCc3nnc([C@H](NC(=O)c4ccoc4)C(C)C)n3CC2)c(OC)c1. The summed E-state index contributed by atoms with van der Waals surface area (Å²) in [6.07, 6.45) is 3.68. The highest BCUT2D eigenvalue weighted by Gasteiger charge is 2.28. The molecular weight excluding hydrogens is 450 g/mol. The number of hydrogen-bond donors (Lipinski definition) is 1. The van der Waals surface area contributed by atoms with Crippen molar-refractivity contribution in [2.24, 2.45) is 5.92 Å². The number of furan rings is 1. The number of carbonyl (C=O) groups excluding carboxylic acids is 1. The Balaban J connectivity index is 1.52. The number of rotatable bonds is 9. The zero-order chi connectivity index (χ0) is 24.9. The number of hydrogen-bond acceptors (Lipinski definition) is 8. The van der Waals surface area contributed by atoms with E-state index in [2.05, 4.69) is 38.8 Å². The Morgan fingerprint density at radius 2 is 1.83 bits per heavy atom. The summed E-state index contributed by atoms with van der Waals surface area (Å²) in [7, 11) is 4.92.